The minimum atomic E-state index is -1.27. The maximum atomic E-state index is 12.3. The van der Waals surface area contributed by atoms with E-state index in [0.717, 1.165) is 25.7 Å². The standard InChI is InChI=1S/C25H42O4S/c1-16-12-18-9-8-17(2)21(24(18)22(26)13-16)11-10-19-14-20(15-23(27)28-19)29-30(6,7)25(3,4)5/h8-9,12,16-17,19-22,24,26H,10-11,13-15H2,1-7H3/t16-,17-,19+,20?,21-,22-,24-/m0/s1. The summed E-state index contributed by atoms with van der Waals surface area (Å²) in [4.78, 5) is 12.3. The van der Waals surface area contributed by atoms with Crippen molar-refractivity contribution in [3.63, 3.8) is 0 Å². The molecule has 0 aromatic carbocycles. The van der Waals surface area contributed by atoms with Gasteiger partial charge in [0.15, 0.2) is 0 Å². The molecule has 1 aliphatic heterocycles. The zero-order chi connectivity index (χ0) is 22.3. The summed E-state index contributed by atoms with van der Waals surface area (Å²) in [5, 5.41) is 10.8. The molecule has 0 radical (unpaired) electrons. The summed E-state index contributed by atoms with van der Waals surface area (Å²) in [6, 6.07) is 0. The molecule has 1 N–H and O–H groups in total. The number of carbonyl (C=O) groups is 1. The van der Waals surface area contributed by atoms with Gasteiger partial charge in [0.25, 0.3) is 0 Å². The van der Waals surface area contributed by atoms with Gasteiger partial charge in [-0.3, -0.25) is 4.79 Å². The number of cyclic esters (lactones) is 1. The molecule has 1 unspecified atom stereocenters. The molecule has 2 aliphatic carbocycles. The first-order valence-electron chi connectivity index (χ1n) is 11.6. The van der Waals surface area contributed by atoms with Crippen molar-refractivity contribution in [1.29, 1.82) is 0 Å². The van der Waals surface area contributed by atoms with Crippen LogP contribution in [0.2, 0.25) is 0 Å². The van der Waals surface area contributed by atoms with Crippen LogP contribution in [0.4, 0.5) is 0 Å². The summed E-state index contributed by atoms with van der Waals surface area (Å²) < 4.78 is 12.3. The van der Waals surface area contributed by atoms with E-state index in [1.54, 1.807) is 0 Å². The van der Waals surface area contributed by atoms with Crippen LogP contribution < -0.4 is 0 Å². The Kier molecular flexibility index (Phi) is 7.16. The zero-order valence-corrected chi connectivity index (χ0v) is 20.7. The van der Waals surface area contributed by atoms with Crippen molar-refractivity contribution >= 4 is 16.3 Å². The van der Waals surface area contributed by atoms with E-state index in [1.807, 2.05) is 0 Å². The lowest BCUT2D eigenvalue weighted by atomic mass is 9.65. The predicted octanol–water partition coefficient (Wildman–Crippen LogP) is 5.40. The number of ether oxygens (including phenoxy) is 1. The molecule has 4 nitrogen and oxygen atoms in total. The highest BCUT2D eigenvalue weighted by Crippen LogP contribution is 2.55. The average Bonchev–Trinajstić information content (AvgIpc) is 2.59. The van der Waals surface area contributed by atoms with Gasteiger partial charge in [-0.1, -0.05) is 52.8 Å². The number of hydrogen-bond donors (Lipinski definition) is 1. The van der Waals surface area contributed by atoms with E-state index in [0.29, 0.717) is 24.2 Å². The second-order valence-corrected chi connectivity index (χ2v) is 14.9. The van der Waals surface area contributed by atoms with Crippen molar-refractivity contribution in [3.05, 3.63) is 23.8 Å². The molecule has 1 saturated heterocycles. The zero-order valence-electron chi connectivity index (χ0n) is 19.9. The van der Waals surface area contributed by atoms with Gasteiger partial charge in [0.1, 0.15) is 6.10 Å². The molecule has 172 valence electrons. The van der Waals surface area contributed by atoms with Gasteiger partial charge in [-0.2, -0.15) is 0 Å². The van der Waals surface area contributed by atoms with Crippen molar-refractivity contribution in [2.45, 2.75) is 89.8 Å². The molecular formula is C25H42O4S. The predicted molar refractivity (Wildman–Crippen MR) is 126 cm³/mol. The maximum Gasteiger partial charge on any atom is 0.308 e. The van der Waals surface area contributed by atoms with Gasteiger partial charge in [-0.15, -0.1) is 10.3 Å². The van der Waals surface area contributed by atoms with E-state index in [4.69, 9.17) is 8.92 Å². The molecule has 3 aliphatic rings. The number of carbonyl (C=O) groups excluding carboxylic acids is 1. The number of fused-ring (bicyclic) bond motifs is 1. The van der Waals surface area contributed by atoms with Gasteiger partial charge in [0.05, 0.1) is 18.6 Å². The third kappa shape index (κ3) is 5.34. The van der Waals surface area contributed by atoms with Crippen LogP contribution in [0.25, 0.3) is 0 Å². The van der Waals surface area contributed by atoms with Crippen LogP contribution in [0.15, 0.2) is 23.8 Å². The van der Waals surface area contributed by atoms with Crippen molar-refractivity contribution in [3.8, 4) is 0 Å². The molecule has 5 heteroatoms. The topological polar surface area (TPSA) is 55.8 Å². The molecule has 0 amide bonds. The van der Waals surface area contributed by atoms with Crippen molar-refractivity contribution in [2.24, 2.45) is 23.7 Å². The van der Waals surface area contributed by atoms with E-state index in [-0.39, 0.29) is 34.9 Å². The minimum Gasteiger partial charge on any atom is -0.462 e. The Balaban J connectivity index is 1.64. The quantitative estimate of drug-likeness (QED) is 0.584. The number of allylic oxidation sites excluding steroid dienone is 3. The molecule has 1 heterocycles. The summed E-state index contributed by atoms with van der Waals surface area (Å²) in [5.41, 5.74) is 1.29. The maximum absolute atomic E-state index is 12.3. The fourth-order valence-electron chi connectivity index (χ4n) is 5.09. The molecule has 30 heavy (non-hydrogen) atoms. The highest BCUT2D eigenvalue weighted by molar-refractivity contribution is 8.29. The highest BCUT2D eigenvalue weighted by Gasteiger charge is 2.40. The Morgan fingerprint density at radius 3 is 2.57 bits per heavy atom. The van der Waals surface area contributed by atoms with E-state index >= 15 is 0 Å². The van der Waals surface area contributed by atoms with Crippen molar-refractivity contribution in [1.82, 2.24) is 0 Å². The number of rotatable bonds is 5. The monoisotopic (exact) mass is 438 g/mol. The van der Waals surface area contributed by atoms with E-state index < -0.39 is 10.3 Å². The molecule has 3 rings (SSSR count). The van der Waals surface area contributed by atoms with Gasteiger partial charge in [-0.25, -0.2) is 0 Å². The molecule has 0 spiro atoms. The third-order valence-electron chi connectivity index (χ3n) is 7.51. The molecule has 0 aromatic heterocycles. The number of aliphatic hydroxyl groups excluding tert-OH is 1. The van der Waals surface area contributed by atoms with Gasteiger partial charge in [0, 0.05) is 17.1 Å². The fourth-order valence-corrected chi connectivity index (χ4v) is 6.20. The van der Waals surface area contributed by atoms with Crippen LogP contribution in [0.5, 0.6) is 0 Å². The van der Waals surface area contributed by atoms with Crippen LogP contribution in [0.1, 0.15) is 66.7 Å². The molecule has 0 saturated carbocycles. The van der Waals surface area contributed by atoms with Gasteiger partial charge >= 0.3 is 5.97 Å². The Morgan fingerprint density at radius 1 is 1.20 bits per heavy atom. The van der Waals surface area contributed by atoms with Crippen molar-refractivity contribution < 1.29 is 18.8 Å². The summed E-state index contributed by atoms with van der Waals surface area (Å²) >= 11 is 0. The van der Waals surface area contributed by atoms with E-state index in [9.17, 15) is 9.90 Å². The molecular weight excluding hydrogens is 396 g/mol. The summed E-state index contributed by atoms with van der Waals surface area (Å²) in [6.07, 6.45) is 14.6. The lowest BCUT2D eigenvalue weighted by molar-refractivity contribution is -0.159. The number of aliphatic hydroxyl groups is 1. The largest absolute Gasteiger partial charge is 0.462 e. The fraction of sp³-hybridized carbons (Fsp3) is 0.800. The van der Waals surface area contributed by atoms with Gasteiger partial charge in [0.2, 0.25) is 0 Å². The minimum absolute atomic E-state index is 0.0549. The van der Waals surface area contributed by atoms with Crippen LogP contribution in [-0.4, -0.2) is 46.6 Å². The van der Waals surface area contributed by atoms with Crippen LogP contribution in [0.3, 0.4) is 0 Å². The summed E-state index contributed by atoms with van der Waals surface area (Å²) in [5.74, 6) is 1.31. The Bertz CT molecular complexity index is 690. The lowest BCUT2D eigenvalue weighted by Crippen LogP contribution is -2.40. The molecule has 7 atom stereocenters. The Morgan fingerprint density at radius 2 is 1.90 bits per heavy atom. The number of hydrogen-bond acceptors (Lipinski definition) is 4. The van der Waals surface area contributed by atoms with E-state index in [2.05, 4.69) is 65.4 Å². The SMILES string of the molecule is C[C@H]1C=C2C=C[C@H](C)[C@H](CC[C@@H]3CC(OS(C)(C)C(C)(C)C)CC(=O)O3)[C@H]2[C@@H](O)C1. The van der Waals surface area contributed by atoms with Gasteiger partial charge in [-0.05, 0) is 55.1 Å². The Labute approximate surface area is 185 Å². The first kappa shape index (κ1) is 23.9. The van der Waals surface area contributed by atoms with E-state index in [1.165, 1.54) is 5.57 Å². The summed E-state index contributed by atoms with van der Waals surface area (Å²) in [7, 11) is -1.27. The summed E-state index contributed by atoms with van der Waals surface area (Å²) in [6.45, 7) is 11.0. The highest BCUT2D eigenvalue weighted by atomic mass is 32.3. The molecule has 0 aromatic rings. The second-order valence-electron chi connectivity index (χ2n) is 11.0. The second kappa shape index (κ2) is 8.99. The Hall–Kier alpha value is -0.780. The number of esters is 1. The van der Waals surface area contributed by atoms with Crippen LogP contribution >= 0.6 is 10.3 Å². The van der Waals surface area contributed by atoms with Crippen molar-refractivity contribution in [2.75, 3.05) is 12.5 Å². The van der Waals surface area contributed by atoms with Gasteiger partial charge < -0.3 is 14.0 Å². The smallest absolute Gasteiger partial charge is 0.308 e. The third-order valence-corrected chi connectivity index (χ3v) is 11.2. The lowest BCUT2D eigenvalue weighted by Gasteiger charge is -2.47. The van der Waals surface area contributed by atoms with Crippen LogP contribution in [0, 0.1) is 23.7 Å². The van der Waals surface area contributed by atoms with Crippen LogP contribution in [-0.2, 0) is 13.7 Å². The normalized spacial score (nSPS) is 37.9. The first-order chi connectivity index (χ1) is 13.9. The first-order valence-corrected chi connectivity index (χ1v) is 13.9. The molecule has 0 bridgehead atoms. The average molecular weight is 439 g/mol. The molecule has 1 fully saturated rings.